The largest absolute Gasteiger partial charge is 0.350 e. The number of aryl methyl sites for hydroxylation is 2. The van der Waals surface area contributed by atoms with E-state index in [1.165, 1.54) is 0 Å². The molecule has 0 radical (unpaired) electrons. The molecule has 0 aliphatic carbocycles. The lowest BCUT2D eigenvalue weighted by atomic mass is 10.1. The lowest BCUT2D eigenvalue weighted by Gasteiger charge is -2.07. The Hall–Kier alpha value is -4.27. The number of nitrogens with one attached hydrogen (secondary N) is 3. The minimum absolute atomic E-state index is 0.142. The van der Waals surface area contributed by atoms with Crippen molar-refractivity contribution in [3.05, 3.63) is 65.9 Å². The van der Waals surface area contributed by atoms with Gasteiger partial charge in [-0.3, -0.25) is 9.79 Å². The second-order valence-electron chi connectivity index (χ2n) is 8.20. The van der Waals surface area contributed by atoms with Gasteiger partial charge >= 0.3 is 0 Å². The van der Waals surface area contributed by atoms with Crippen LogP contribution in [0.25, 0.3) is 22.3 Å². The van der Waals surface area contributed by atoms with Gasteiger partial charge in [-0.05, 0) is 55.3 Å². The zero-order valence-electron chi connectivity index (χ0n) is 18.7. The molecule has 5 rings (SSSR count). The lowest BCUT2D eigenvalue weighted by molar-refractivity contribution is 0.0953. The maximum Gasteiger partial charge on any atom is 0.267 e. The van der Waals surface area contributed by atoms with E-state index < -0.39 is 0 Å². The Balaban J connectivity index is 1.34. The van der Waals surface area contributed by atoms with Gasteiger partial charge in [0, 0.05) is 48.3 Å². The normalized spacial score (nSPS) is 13.2. The molecule has 4 aromatic rings. The number of aromatic nitrogens is 5. The number of imidazole rings is 1. The van der Waals surface area contributed by atoms with Crippen LogP contribution < -0.4 is 10.6 Å². The number of rotatable bonds is 6. The molecule has 3 N–H and O–H groups in total. The van der Waals surface area contributed by atoms with Crippen molar-refractivity contribution in [2.45, 2.75) is 13.8 Å². The van der Waals surface area contributed by atoms with Gasteiger partial charge in [0.25, 0.3) is 5.91 Å². The Morgan fingerprint density at radius 2 is 2.06 bits per heavy atom. The molecule has 166 valence electrons. The van der Waals surface area contributed by atoms with Crippen molar-refractivity contribution in [2.24, 2.45) is 12.0 Å². The highest BCUT2D eigenvalue weighted by Gasteiger charge is 2.14. The van der Waals surface area contributed by atoms with Crippen LogP contribution in [0.5, 0.6) is 0 Å². The van der Waals surface area contributed by atoms with Gasteiger partial charge in [-0.15, -0.1) is 0 Å². The molecule has 0 bridgehead atoms. The zero-order valence-corrected chi connectivity index (χ0v) is 18.7. The first-order valence-electron chi connectivity index (χ1n) is 10.6. The molecule has 1 aliphatic heterocycles. The summed E-state index contributed by atoms with van der Waals surface area (Å²) in [6, 6.07) is 7.66. The summed E-state index contributed by atoms with van der Waals surface area (Å²) in [7, 11) is 1.92. The van der Waals surface area contributed by atoms with E-state index in [4.69, 9.17) is 0 Å². The summed E-state index contributed by atoms with van der Waals surface area (Å²) < 4.78 is 1.88. The number of carbonyl (C=O) groups excluding carboxylic acids is 1. The van der Waals surface area contributed by atoms with E-state index in [9.17, 15) is 4.79 Å². The second-order valence-corrected chi connectivity index (χ2v) is 8.20. The summed E-state index contributed by atoms with van der Waals surface area (Å²) >= 11 is 0. The molecule has 0 saturated heterocycles. The summed E-state index contributed by atoms with van der Waals surface area (Å²) in [5.41, 5.74) is 6.92. The smallest absolute Gasteiger partial charge is 0.267 e. The molecule has 0 saturated carbocycles. The van der Waals surface area contributed by atoms with Crippen LogP contribution >= 0.6 is 0 Å². The number of anilines is 2. The van der Waals surface area contributed by atoms with Crippen molar-refractivity contribution >= 4 is 34.2 Å². The standard InChI is InChI=1S/C24H24N8O/c1-14-6-18(29-24-25-5-4-19(31-24)21-12-32(3)13-28-21)8-17-9-20(30-22(14)17)23(33)27-11-16-7-15(2)26-10-16/h4-9,12-13,30H,10-11H2,1-3H3,(H,27,33)(H,25,29,31). The summed E-state index contributed by atoms with van der Waals surface area (Å²) in [5.74, 6) is 0.338. The molecule has 0 atom stereocenters. The van der Waals surface area contributed by atoms with Crippen molar-refractivity contribution in [2.75, 3.05) is 18.4 Å². The van der Waals surface area contributed by atoms with Gasteiger partial charge < -0.3 is 20.2 Å². The SMILES string of the molecule is CC1=NCC(CNC(=O)c2cc3cc(Nc4nccc(-c5cn(C)cn5)n4)cc(C)c3[nH]2)=C1. The van der Waals surface area contributed by atoms with Gasteiger partial charge in [0.2, 0.25) is 5.95 Å². The third-order valence-electron chi connectivity index (χ3n) is 5.47. The maximum atomic E-state index is 12.7. The number of allylic oxidation sites excluding steroid dienone is 1. The number of aromatic amines is 1. The van der Waals surface area contributed by atoms with Crippen LogP contribution in [0.4, 0.5) is 11.6 Å². The van der Waals surface area contributed by atoms with Crippen molar-refractivity contribution in [1.29, 1.82) is 0 Å². The molecule has 4 heterocycles. The third-order valence-corrected chi connectivity index (χ3v) is 5.47. The van der Waals surface area contributed by atoms with Gasteiger partial charge in [-0.25, -0.2) is 15.0 Å². The topological polar surface area (TPSA) is 113 Å². The molecule has 0 unspecified atom stereocenters. The van der Waals surface area contributed by atoms with E-state index in [2.05, 4.69) is 35.6 Å². The average Bonchev–Trinajstić information content (AvgIpc) is 3.52. The minimum atomic E-state index is -0.142. The molecular weight excluding hydrogens is 416 g/mol. The third kappa shape index (κ3) is 4.38. The number of aliphatic imine (C=N–C) groups is 1. The second kappa shape index (κ2) is 8.34. The number of hydrogen-bond acceptors (Lipinski definition) is 6. The summed E-state index contributed by atoms with van der Waals surface area (Å²) in [5, 5.41) is 7.17. The predicted octanol–water partition coefficient (Wildman–Crippen LogP) is 3.54. The highest BCUT2D eigenvalue weighted by molar-refractivity contribution is 6.00. The Kier molecular flexibility index (Phi) is 5.21. The monoisotopic (exact) mass is 440 g/mol. The molecule has 1 aliphatic rings. The van der Waals surface area contributed by atoms with E-state index in [0.717, 1.165) is 44.8 Å². The highest BCUT2D eigenvalue weighted by atomic mass is 16.1. The van der Waals surface area contributed by atoms with Gasteiger partial charge in [0.15, 0.2) is 0 Å². The van der Waals surface area contributed by atoms with Crippen molar-refractivity contribution < 1.29 is 4.79 Å². The first kappa shape index (κ1) is 20.6. The molecule has 9 nitrogen and oxygen atoms in total. The van der Waals surface area contributed by atoms with E-state index in [-0.39, 0.29) is 5.91 Å². The number of benzene rings is 1. The van der Waals surface area contributed by atoms with Crippen LogP contribution in [0.15, 0.2) is 59.6 Å². The first-order chi connectivity index (χ1) is 15.9. The summed E-state index contributed by atoms with van der Waals surface area (Å²) in [6.45, 7) is 5.10. The Morgan fingerprint density at radius 3 is 2.82 bits per heavy atom. The molecule has 33 heavy (non-hydrogen) atoms. The van der Waals surface area contributed by atoms with Crippen molar-refractivity contribution in [3.8, 4) is 11.4 Å². The molecule has 9 heteroatoms. The van der Waals surface area contributed by atoms with Crippen molar-refractivity contribution in [1.82, 2.24) is 29.8 Å². The first-order valence-corrected chi connectivity index (χ1v) is 10.6. The van der Waals surface area contributed by atoms with Crippen LogP contribution in [-0.2, 0) is 7.05 Å². The number of nitrogens with zero attached hydrogens (tertiary/aromatic N) is 5. The molecular formula is C24H24N8O. The fourth-order valence-electron chi connectivity index (χ4n) is 3.86. The summed E-state index contributed by atoms with van der Waals surface area (Å²) in [4.78, 5) is 33.5. The molecule has 0 fully saturated rings. The number of carbonyl (C=O) groups is 1. The zero-order chi connectivity index (χ0) is 22.9. The van der Waals surface area contributed by atoms with E-state index in [1.54, 1.807) is 12.5 Å². The van der Waals surface area contributed by atoms with E-state index >= 15 is 0 Å². The van der Waals surface area contributed by atoms with Gasteiger partial charge in [-0.1, -0.05) is 0 Å². The minimum Gasteiger partial charge on any atom is -0.350 e. The van der Waals surface area contributed by atoms with Crippen LogP contribution in [0.3, 0.4) is 0 Å². The molecule has 1 amide bonds. The maximum absolute atomic E-state index is 12.7. The van der Waals surface area contributed by atoms with Gasteiger partial charge in [0.1, 0.15) is 11.4 Å². The van der Waals surface area contributed by atoms with Crippen LogP contribution in [0.1, 0.15) is 23.0 Å². The molecule has 3 aromatic heterocycles. The number of H-pyrrole nitrogens is 1. The van der Waals surface area contributed by atoms with Gasteiger partial charge in [-0.2, -0.15) is 0 Å². The van der Waals surface area contributed by atoms with E-state index in [0.29, 0.717) is 24.7 Å². The summed E-state index contributed by atoms with van der Waals surface area (Å²) in [6.07, 6.45) is 7.36. The van der Waals surface area contributed by atoms with E-state index in [1.807, 2.05) is 62.0 Å². The highest BCUT2D eigenvalue weighted by Crippen LogP contribution is 2.26. The Labute approximate surface area is 190 Å². The average molecular weight is 441 g/mol. The molecule has 0 spiro atoms. The fourth-order valence-corrected chi connectivity index (χ4v) is 3.86. The lowest BCUT2D eigenvalue weighted by Crippen LogP contribution is -2.26. The number of fused-ring (bicyclic) bond motifs is 1. The quantitative estimate of drug-likeness (QED) is 0.424. The Bertz CT molecular complexity index is 1430. The predicted molar refractivity (Wildman–Crippen MR) is 129 cm³/mol. The number of amides is 1. The van der Waals surface area contributed by atoms with Crippen LogP contribution in [0.2, 0.25) is 0 Å². The van der Waals surface area contributed by atoms with Gasteiger partial charge in [0.05, 0.1) is 18.6 Å². The Morgan fingerprint density at radius 1 is 1.18 bits per heavy atom. The number of hydrogen-bond donors (Lipinski definition) is 3. The fraction of sp³-hybridized carbons (Fsp3) is 0.208. The molecule has 1 aromatic carbocycles. The van der Waals surface area contributed by atoms with Crippen molar-refractivity contribution in [3.63, 3.8) is 0 Å². The van der Waals surface area contributed by atoms with Crippen LogP contribution in [0, 0.1) is 6.92 Å². The van der Waals surface area contributed by atoms with Crippen LogP contribution in [-0.4, -0.2) is 49.2 Å².